The summed E-state index contributed by atoms with van der Waals surface area (Å²) in [6.07, 6.45) is 1.54. The summed E-state index contributed by atoms with van der Waals surface area (Å²) in [7, 11) is 0. The van der Waals surface area contributed by atoms with Crippen molar-refractivity contribution in [2.45, 2.75) is 45.2 Å². The fourth-order valence-electron chi connectivity index (χ4n) is 1.66. The van der Waals surface area contributed by atoms with Gasteiger partial charge in [0, 0.05) is 23.3 Å². The Balaban J connectivity index is 1.90. The van der Waals surface area contributed by atoms with Crippen LogP contribution >= 0.6 is 0 Å². The molecule has 0 saturated heterocycles. The van der Waals surface area contributed by atoms with Crippen LogP contribution in [0.1, 0.15) is 33.6 Å². The SMILES string of the molecule is CC(C)(C)NC(=O)Oc1cccc(NC(=O)NC2CC2)c1. The highest BCUT2D eigenvalue weighted by atomic mass is 16.6. The molecule has 6 heteroatoms. The number of anilines is 1. The number of amides is 3. The maximum atomic E-state index is 11.7. The molecule has 1 saturated carbocycles. The summed E-state index contributed by atoms with van der Waals surface area (Å²) in [5.41, 5.74) is 0.214. The lowest BCUT2D eigenvalue weighted by Gasteiger charge is -2.19. The third-order valence-electron chi connectivity index (χ3n) is 2.69. The summed E-state index contributed by atoms with van der Waals surface area (Å²) in [5.74, 6) is 0.376. The standard InChI is InChI=1S/C15H21N3O3/c1-15(2,3)18-14(20)21-12-6-4-5-11(9-12)17-13(19)16-10-7-8-10/h4-6,9-10H,7-8H2,1-3H3,(H,18,20)(H2,16,17,19). The van der Waals surface area contributed by atoms with Gasteiger partial charge in [-0.05, 0) is 45.7 Å². The van der Waals surface area contributed by atoms with Crippen molar-refractivity contribution in [3.63, 3.8) is 0 Å². The second kappa shape index (κ2) is 6.03. The largest absolute Gasteiger partial charge is 0.413 e. The molecule has 0 spiro atoms. The Morgan fingerprint density at radius 2 is 1.95 bits per heavy atom. The van der Waals surface area contributed by atoms with E-state index in [0.29, 0.717) is 17.5 Å². The number of hydrogen-bond acceptors (Lipinski definition) is 3. The molecule has 0 radical (unpaired) electrons. The quantitative estimate of drug-likeness (QED) is 0.801. The second-order valence-electron chi connectivity index (χ2n) is 6.17. The molecule has 0 atom stereocenters. The zero-order valence-corrected chi connectivity index (χ0v) is 12.5. The fourth-order valence-corrected chi connectivity index (χ4v) is 1.66. The molecule has 1 aromatic carbocycles. The summed E-state index contributed by atoms with van der Waals surface area (Å²) in [6, 6.07) is 6.77. The molecule has 1 aliphatic carbocycles. The predicted molar refractivity (Wildman–Crippen MR) is 80.5 cm³/mol. The third kappa shape index (κ3) is 5.72. The molecule has 21 heavy (non-hydrogen) atoms. The van der Waals surface area contributed by atoms with Crippen LogP contribution in [0.25, 0.3) is 0 Å². The number of carbonyl (C=O) groups is 2. The summed E-state index contributed by atoms with van der Waals surface area (Å²) in [4.78, 5) is 23.3. The molecule has 2 rings (SSSR count). The minimum Gasteiger partial charge on any atom is -0.410 e. The number of benzene rings is 1. The van der Waals surface area contributed by atoms with Crippen molar-refractivity contribution in [1.82, 2.24) is 10.6 Å². The van der Waals surface area contributed by atoms with E-state index in [0.717, 1.165) is 12.8 Å². The molecule has 0 aliphatic heterocycles. The topological polar surface area (TPSA) is 79.5 Å². The maximum Gasteiger partial charge on any atom is 0.413 e. The van der Waals surface area contributed by atoms with E-state index in [-0.39, 0.29) is 11.6 Å². The van der Waals surface area contributed by atoms with Gasteiger partial charge in [0.15, 0.2) is 0 Å². The molecule has 3 amide bonds. The zero-order chi connectivity index (χ0) is 15.5. The van der Waals surface area contributed by atoms with Crippen LogP contribution in [0.2, 0.25) is 0 Å². The van der Waals surface area contributed by atoms with Crippen molar-refractivity contribution < 1.29 is 14.3 Å². The molecule has 1 aliphatic rings. The van der Waals surface area contributed by atoms with E-state index in [2.05, 4.69) is 16.0 Å². The molecule has 0 unspecified atom stereocenters. The van der Waals surface area contributed by atoms with Crippen LogP contribution in [0.3, 0.4) is 0 Å². The molecular formula is C15H21N3O3. The van der Waals surface area contributed by atoms with Gasteiger partial charge in [-0.1, -0.05) is 6.07 Å². The molecule has 3 N–H and O–H groups in total. The Hall–Kier alpha value is -2.24. The zero-order valence-electron chi connectivity index (χ0n) is 12.5. The van der Waals surface area contributed by atoms with Gasteiger partial charge in [-0.15, -0.1) is 0 Å². The normalized spacial score (nSPS) is 14.2. The van der Waals surface area contributed by atoms with Gasteiger partial charge in [0.25, 0.3) is 0 Å². The first-order valence-corrected chi connectivity index (χ1v) is 6.99. The summed E-state index contributed by atoms with van der Waals surface area (Å²) in [6.45, 7) is 5.61. The number of carbonyl (C=O) groups excluding carboxylic acids is 2. The lowest BCUT2D eigenvalue weighted by Crippen LogP contribution is -2.42. The molecule has 0 aromatic heterocycles. The number of ether oxygens (including phenoxy) is 1. The monoisotopic (exact) mass is 291 g/mol. The highest BCUT2D eigenvalue weighted by Crippen LogP contribution is 2.20. The van der Waals surface area contributed by atoms with Gasteiger partial charge in [0.1, 0.15) is 5.75 Å². The van der Waals surface area contributed by atoms with Crippen molar-refractivity contribution in [3.05, 3.63) is 24.3 Å². The average molecular weight is 291 g/mol. The van der Waals surface area contributed by atoms with Gasteiger partial charge in [0.05, 0.1) is 0 Å². The Bertz CT molecular complexity index is 533. The van der Waals surface area contributed by atoms with Crippen LogP contribution in [0.4, 0.5) is 15.3 Å². The Morgan fingerprint density at radius 3 is 2.57 bits per heavy atom. The first kappa shape index (κ1) is 15.2. The Kier molecular flexibility index (Phi) is 4.35. The smallest absolute Gasteiger partial charge is 0.410 e. The van der Waals surface area contributed by atoms with Crippen molar-refractivity contribution in [2.24, 2.45) is 0 Å². The number of rotatable bonds is 3. The second-order valence-corrected chi connectivity index (χ2v) is 6.17. The van der Waals surface area contributed by atoms with E-state index in [1.807, 2.05) is 20.8 Å². The van der Waals surface area contributed by atoms with Crippen LogP contribution in [0, 0.1) is 0 Å². The van der Waals surface area contributed by atoms with Crippen molar-refractivity contribution in [2.75, 3.05) is 5.32 Å². The van der Waals surface area contributed by atoms with E-state index < -0.39 is 6.09 Å². The van der Waals surface area contributed by atoms with Gasteiger partial charge in [-0.3, -0.25) is 0 Å². The van der Waals surface area contributed by atoms with Crippen molar-refractivity contribution in [1.29, 1.82) is 0 Å². The minimum absolute atomic E-state index is 0.242. The molecule has 1 aromatic rings. The van der Waals surface area contributed by atoms with E-state index in [9.17, 15) is 9.59 Å². The van der Waals surface area contributed by atoms with E-state index in [4.69, 9.17) is 4.74 Å². The third-order valence-corrected chi connectivity index (χ3v) is 2.69. The lowest BCUT2D eigenvalue weighted by molar-refractivity contribution is 0.190. The molecule has 0 heterocycles. The molecule has 6 nitrogen and oxygen atoms in total. The van der Waals surface area contributed by atoms with E-state index in [1.165, 1.54) is 0 Å². The summed E-state index contributed by atoms with van der Waals surface area (Å²) >= 11 is 0. The molecule has 1 fully saturated rings. The number of urea groups is 1. The van der Waals surface area contributed by atoms with Crippen LogP contribution in [-0.2, 0) is 0 Å². The van der Waals surface area contributed by atoms with Crippen LogP contribution in [0.15, 0.2) is 24.3 Å². The Morgan fingerprint density at radius 1 is 1.24 bits per heavy atom. The highest BCUT2D eigenvalue weighted by molar-refractivity contribution is 5.89. The Labute approximate surface area is 124 Å². The summed E-state index contributed by atoms with van der Waals surface area (Å²) < 4.78 is 5.18. The van der Waals surface area contributed by atoms with Gasteiger partial charge in [-0.2, -0.15) is 0 Å². The van der Waals surface area contributed by atoms with Crippen LogP contribution in [0.5, 0.6) is 5.75 Å². The van der Waals surface area contributed by atoms with Crippen LogP contribution < -0.4 is 20.7 Å². The van der Waals surface area contributed by atoms with Crippen molar-refractivity contribution >= 4 is 17.8 Å². The van der Waals surface area contributed by atoms with Gasteiger partial charge in [0.2, 0.25) is 0 Å². The molecule has 0 bridgehead atoms. The van der Waals surface area contributed by atoms with Gasteiger partial charge < -0.3 is 20.7 Å². The van der Waals surface area contributed by atoms with Crippen molar-refractivity contribution in [3.8, 4) is 5.75 Å². The first-order valence-electron chi connectivity index (χ1n) is 6.99. The molecular weight excluding hydrogens is 270 g/mol. The maximum absolute atomic E-state index is 11.7. The van der Waals surface area contributed by atoms with E-state index in [1.54, 1.807) is 24.3 Å². The fraction of sp³-hybridized carbons (Fsp3) is 0.467. The summed E-state index contributed by atoms with van der Waals surface area (Å²) in [5, 5.41) is 8.24. The minimum atomic E-state index is -0.526. The van der Waals surface area contributed by atoms with Crippen LogP contribution in [-0.4, -0.2) is 23.7 Å². The predicted octanol–water partition coefficient (Wildman–Crippen LogP) is 2.86. The number of nitrogens with one attached hydrogen (secondary N) is 3. The lowest BCUT2D eigenvalue weighted by atomic mass is 10.1. The average Bonchev–Trinajstić information content (AvgIpc) is 3.10. The number of hydrogen-bond donors (Lipinski definition) is 3. The highest BCUT2D eigenvalue weighted by Gasteiger charge is 2.23. The van der Waals surface area contributed by atoms with Gasteiger partial charge in [-0.25, -0.2) is 9.59 Å². The molecule has 114 valence electrons. The van der Waals surface area contributed by atoms with Gasteiger partial charge >= 0.3 is 12.1 Å². The first-order chi connectivity index (χ1) is 9.82. The van der Waals surface area contributed by atoms with E-state index >= 15 is 0 Å².